The van der Waals surface area contributed by atoms with Crippen molar-refractivity contribution in [2.75, 3.05) is 3.80 Å². The summed E-state index contributed by atoms with van der Waals surface area (Å²) in [5.74, 6) is 0. The van der Waals surface area contributed by atoms with Crippen molar-refractivity contribution >= 4 is 36.1 Å². The minimum Gasteiger partial charge on any atom is -0.147 e. The first kappa shape index (κ1) is 21.1. The monoisotopic (exact) mass is 395 g/mol. The topological polar surface area (TPSA) is 12.0 Å². The van der Waals surface area contributed by atoms with Crippen LogP contribution in [-0.4, -0.2) is 0 Å². The third-order valence-electron chi connectivity index (χ3n) is 4.01. The molecular weight excluding hydrogens is 373 g/mol. The first-order valence-corrected chi connectivity index (χ1v) is 9.27. The molecule has 0 unspecified atom stereocenters. The van der Waals surface area contributed by atoms with Crippen LogP contribution >= 0.6 is 24.8 Å². The summed E-state index contributed by atoms with van der Waals surface area (Å²) in [6.45, 7) is 4.73. The van der Waals surface area contributed by atoms with Crippen molar-refractivity contribution in [1.82, 2.24) is 0 Å². The van der Waals surface area contributed by atoms with Gasteiger partial charge < -0.3 is 0 Å². The molecule has 0 radical (unpaired) electrons. The van der Waals surface area contributed by atoms with Crippen LogP contribution < -0.4 is 3.80 Å². The fourth-order valence-corrected chi connectivity index (χ4v) is 4.30. The third kappa shape index (κ3) is 5.00. The molecule has 1 nitrogen and oxygen atoms in total. The molecule has 126 valence electrons. The van der Waals surface area contributed by atoms with Gasteiger partial charge in [-0.15, -0.1) is 24.8 Å². The summed E-state index contributed by atoms with van der Waals surface area (Å²) in [5, 5.41) is 0. The van der Waals surface area contributed by atoms with E-state index in [1.54, 1.807) is 0 Å². The number of nitrogens with one attached hydrogen (secondary N) is 1. The van der Waals surface area contributed by atoms with Gasteiger partial charge in [0.1, 0.15) is 0 Å². The zero-order valence-corrected chi connectivity index (χ0v) is 17.1. The van der Waals surface area contributed by atoms with Gasteiger partial charge in [0, 0.05) is 0 Å². The molecule has 0 amide bonds. The number of benzene rings is 2. The second kappa shape index (κ2) is 9.49. The Morgan fingerprint density at radius 1 is 0.917 bits per heavy atom. The molecule has 0 saturated carbocycles. The Morgan fingerprint density at radius 2 is 1.58 bits per heavy atom. The minimum atomic E-state index is -0.362. The van der Waals surface area contributed by atoms with E-state index in [-0.39, 0.29) is 47.9 Å². The summed E-state index contributed by atoms with van der Waals surface area (Å²) in [4.78, 5) is 0. The van der Waals surface area contributed by atoms with Crippen LogP contribution in [0.2, 0.25) is 0 Å². The van der Waals surface area contributed by atoms with E-state index in [9.17, 15) is 0 Å². The van der Waals surface area contributed by atoms with Gasteiger partial charge in [0.2, 0.25) is 0 Å². The number of hydrogen-bond acceptors (Lipinski definition) is 1. The number of para-hydroxylation sites is 1. The Balaban J connectivity index is 0.00000144. The molecule has 0 spiro atoms. The maximum Gasteiger partial charge on any atom is -0.147 e. The van der Waals surface area contributed by atoms with Crippen LogP contribution in [0.3, 0.4) is 0 Å². The van der Waals surface area contributed by atoms with E-state index >= 15 is 0 Å². The standard InChI is InChI=1S/C14H15.C6H6N.2ClH.Ti/c1-11(2)13-9-5-6-10-14(13)12-7-3-4-8-12;7-6-4-2-1-3-5-6;;;/h3-7,9-10H,8H2,1-2H3;1-5,7H;2*1H;/q;-1;;;+1. The summed E-state index contributed by atoms with van der Waals surface area (Å²) >= 11 is -0.362. The number of anilines is 1. The van der Waals surface area contributed by atoms with E-state index in [2.05, 4.69) is 90.5 Å². The van der Waals surface area contributed by atoms with Crippen molar-refractivity contribution in [3.8, 4) is 0 Å². The minimum absolute atomic E-state index is 0. The fraction of sp³-hybridized carbons (Fsp3) is 0.200. The van der Waals surface area contributed by atoms with Crippen molar-refractivity contribution in [1.29, 1.82) is 0 Å². The summed E-state index contributed by atoms with van der Waals surface area (Å²) in [6, 6.07) is 19.4. The second-order valence-corrected chi connectivity index (χ2v) is 8.84. The van der Waals surface area contributed by atoms with Crippen LogP contribution in [0.1, 0.15) is 31.4 Å². The maximum absolute atomic E-state index is 3.69. The predicted molar refractivity (Wildman–Crippen MR) is 106 cm³/mol. The van der Waals surface area contributed by atoms with Gasteiger partial charge in [-0.2, -0.15) is 0 Å². The Bertz CT molecular complexity index is 709. The van der Waals surface area contributed by atoms with Crippen molar-refractivity contribution in [2.24, 2.45) is 0 Å². The van der Waals surface area contributed by atoms with E-state index in [4.69, 9.17) is 0 Å². The van der Waals surface area contributed by atoms with Gasteiger partial charge in [0.05, 0.1) is 0 Å². The SMILES string of the molecule is C[C](C)([Ti][NH]c1ccccc1)c1ccccc1C1=CC=CC1.Cl.Cl. The molecule has 4 heteroatoms. The van der Waals surface area contributed by atoms with Crippen molar-refractivity contribution in [2.45, 2.75) is 24.0 Å². The summed E-state index contributed by atoms with van der Waals surface area (Å²) in [7, 11) is 0. The molecule has 0 heterocycles. The maximum atomic E-state index is 3.69. The Hall–Kier alpha value is -0.986. The number of halogens is 2. The molecule has 0 aliphatic heterocycles. The van der Waals surface area contributed by atoms with Crippen LogP contribution in [-0.2, 0) is 23.1 Å². The van der Waals surface area contributed by atoms with E-state index in [1.165, 1.54) is 22.4 Å². The summed E-state index contributed by atoms with van der Waals surface area (Å²) < 4.78 is 3.88. The van der Waals surface area contributed by atoms with Crippen LogP contribution in [0, 0.1) is 0 Å². The second-order valence-electron chi connectivity index (χ2n) is 6.11. The van der Waals surface area contributed by atoms with Crippen LogP contribution in [0.25, 0.3) is 5.57 Å². The van der Waals surface area contributed by atoms with E-state index < -0.39 is 0 Å². The fourth-order valence-electron chi connectivity index (χ4n) is 2.77. The molecule has 2 aromatic carbocycles. The van der Waals surface area contributed by atoms with Gasteiger partial charge in [0.25, 0.3) is 0 Å². The molecule has 0 aromatic heterocycles. The van der Waals surface area contributed by atoms with Crippen molar-refractivity contribution in [3.63, 3.8) is 0 Å². The predicted octanol–water partition coefficient (Wildman–Crippen LogP) is 6.22. The Labute approximate surface area is 166 Å². The first-order chi connectivity index (χ1) is 10.7. The average molecular weight is 396 g/mol. The molecule has 0 fully saturated rings. The van der Waals surface area contributed by atoms with Gasteiger partial charge in [-0.1, -0.05) is 0 Å². The molecule has 1 N–H and O–H groups in total. The normalized spacial score (nSPS) is 12.7. The first-order valence-electron chi connectivity index (χ1n) is 7.71. The van der Waals surface area contributed by atoms with Crippen molar-refractivity contribution in [3.05, 3.63) is 84.0 Å². The van der Waals surface area contributed by atoms with Crippen LogP contribution in [0.4, 0.5) is 5.69 Å². The molecule has 1 aliphatic rings. The molecule has 24 heavy (non-hydrogen) atoms. The number of rotatable bonds is 5. The van der Waals surface area contributed by atoms with E-state index in [0.29, 0.717) is 0 Å². The quantitative estimate of drug-likeness (QED) is 0.592. The van der Waals surface area contributed by atoms with Crippen LogP contribution in [0.5, 0.6) is 0 Å². The Kier molecular flexibility index (Phi) is 8.32. The van der Waals surface area contributed by atoms with Gasteiger partial charge in [0.15, 0.2) is 0 Å². The molecule has 0 bridgehead atoms. The van der Waals surface area contributed by atoms with Crippen LogP contribution in [0.15, 0.2) is 72.8 Å². The van der Waals surface area contributed by atoms with E-state index in [0.717, 1.165) is 6.42 Å². The molecule has 2 aromatic rings. The van der Waals surface area contributed by atoms with Gasteiger partial charge in [-0.3, -0.25) is 0 Å². The van der Waals surface area contributed by atoms with E-state index in [1.807, 2.05) is 0 Å². The average Bonchev–Trinajstić information content (AvgIpc) is 3.08. The molecule has 3 rings (SSSR count). The van der Waals surface area contributed by atoms with Gasteiger partial charge >= 0.3 is 142 Å². The number of allylic oxidation sites excluding steroid dienone is 4. The number of hydrogen-bond donors (Lipinski definition) is 1. The van der Waals surface area contributed by atoms with Gasteiger partial charge in [-0.05, 0) is 0 Å². The Morgan fingerprint density at radius 3 is 2.25 bits per heavy atom. The van der Waals surface area contributed by atoms with Crippen molar-refractivity contribution < 1.29 is 19.4 Å². The molecular formula is C20H23Cl2NTi. The largest absolute Gasteiger partial charge is 0.147 e. The summed E-state index contributed by atoms with van der Waals surface area (Å²) in [5.41, 5.74) is 5.55. The molecule has 1 aliphatic carbocycles. The van der Waals surface area contributed by atoms with Gasteiger partial charge in [-0.25, -0.2) is 0 Å². The third-order valence-corrected chi connectivity index (χ3v) is 6.05. The zero-order valence-electron chi connectivity index (χ0n) is 14.0. The summed E-state index contributed by atoms with van der Waals surface area (Å²) in [6.07, 6.45) is 7.70. The zero-order chi connectivity index (χ0) is 15.4. The smallest absolute Gasteiger partial charge is 0.147 e. The molecule has 0 saturated heterocycles. The molecule has 0 atom stereocenters.